The lowest BCUT2D eigenvalue weighted by atomic mass is 9.78. The number of thioether (sulfide) groups is 1. The van der Waals surface area contributed by atoms with Gasteiger partial charge in [0.15, 0.2) is 5.17 Å². The SMILES string of the molecule is CC1CCC2(CC1)CSC(=NC(C)c1ccco1)N2. The van der Waals surface area contributed by atoms with Crippen LogP contribution in [-0.2, 0) is 0 Å². The van der Waals surface area contributed by atoms with Crippen molar-refractivity contribution >= 4 is 16.9 Å². The molecule has 1 N–H and O–H groups in total. The quantitative estimate of drug-likeness (QED) is 0.889. The Hall–Kier alpha value is -0.900. The van der Waals surface area contributed by atoms with Crippen molar-refractivity contribution in [3.8, 4) is 0 Å². The van der Waals surface area contributed by atoms with Gasteiger partial charge in [-0.15, -0.1) is 0 Å². The second-order valence-corrected chi connectivity index (χ2v) is 6.97. The minimum atomic E-state index is 0.0997. The Bertz CT molecular complexity index is 447. The number of rotatable bonds is 2. The number of amidine groups is 1. The minimum Gasteiger partial charge on any atom is -0.467 e. The van der Waals surface area contributed by atoms with E-state index in [1.54, 1.807) is 6.26 Å². The first-order chi connectivity index (χ1) is 9.17. The van der Waals surface area contributed by atoms with Gasteiger partial charge in [-0.3, -0.25) is 4.99 Å². The normalized spacial score (nSPS) is 34.6. The third kappa shape index (κ3) is 2.83. The molecule has 1 aliphatic carbocycles. The molecule has 3 nitrogen and oxygen atoms in total. The molecule has 4 heteroatoms. The fourth-order valence-corrected chi connectivity index (χ4v) is 4.22. The predicted octanol–water partition coefficient (Wildman–Crippen LogP) is 3.98. The number of nitrogens with zero attached hydrogens (tertiary/aromatic N) is 1. The lowest BCUT2D eigenvalue weighted by Gasteiger charge is -2.35. The van der Waals surface area contributed by atoms with Crippen LogP contribution in [0.4, 0.5) is 0 Å². The molecular formula is C15H22N2OS. The van der Waals surface area contributed by atoms with Crippen LogP contribution in [0.3, 0.4) is 0 Å². The summed E-state index contributed by atoms with van der Waals surface area (Å²) in [7, 11) is 0. The largest absolute Gasteiger partial charge is 0.467 e. The van der Waals surface area contributed by atoms with Gasteiger partial charge in [0.1, 0.15) is 11.8 Å². The summed E-state index contributed by atoms with van der Waals surface area (Å²) in [6, 6.07) is 4.01. The van der Waals surface area contributed by atoms with E-state index in [0.717, 1.165) is 16.8 Å². The van der Waals surface area contributed by atoms with Crippen LogP contribution in [0, 0.1) is 5.92 Å². The zero-order valence-corrected chi connectivity index (χ0v) is 12.5. The van der Waals surface area contributed by atoms with Gasteiger partial charge >= 0.3 is 0 Å². The van der Waals surface area contributed by atoms with E-state index in [4.69, 9.17) is 9.41 Å². The lowest BCUT2D eigenvalue weighted by molar-refractivity contribution is 0.250. The minimum absolute atomic E-state index is 0.0997. The van der Waals surface area contributed by atoms with E-state index in [1.165, 1.54) is 31.4 Å². The predicted molar refractivity (Wildman–Crippen MR) is 80.5 cm³/mol. The van der Waals surface area contributed by atoms with Gasteiger partial charge in [-0.05, 0) is 50.7 Å². The molecule has 2 heterocycles. The second-order valence-electron chi connectivity index (χ2n) is 6.00. The summed E-state index contributed by atoms with van der Waals surface area (Å²) in [5.41, 5.74) is 0.318. The molecule has 0 radical (unpaired) electrons. The number of furan rings is 1. The fraction of sp³-hybridized carbons (Fsp3) is 0.667. The molecule has 0 bridgehead atoms. The van der Waals surface area contributed by atoms with Gasteiger partial charge in [0.25, 0.3) is 0 Å². The van der Waals surface area contributed by atoms with Crippen molar-refractivity contribution in [2.75, 3.05) is 5.75 Å². The number of aliphatic imine (C=N–C) groups is 1. The highest BCUT2D eigenvalue weighted by molar-refractivity contribution is 8.14. The van der Waals surface area contributed by atoms with Crippen LogP contribution in [0.1, 0.15) is 51.3 Å². The van der Waals surface area contributed by atoms with Crippen molar-refractivity contribution in [2.24, 2.45) is 10.9 Å². The standard InChI is InChI=1S/C15H22N2OS/c1-11-5-7-15(8-6-11)10-19-14(17-15)16-12(2)13-4-3-9-18-13/h3-4,9,11-12H,5-8,10H2,1-2H3,(H,16,17). The molecule has 1 aromatic heterocycles. The Morgan fingerprint density at radius 2 is 2.26 bits per heavy atom. The first-order valence-corrected chi connectivity index (χ1v) is 8.18. The molecule has 3 rings (SSSR count). The monoisotopic (exact) mass is 278 g/mol. The molecule has 1 unspecified atom stereocenters. The van der Waals surface area contributed by atoms with Crippen LogP contribution in [-0.4, -0.2) is 16.5 Å². The number of hydrogen-bond donors (Lipinski definition) is 1. The van der Waals surface area contributed by atoms with Gasteiger partial charge in [0, 0.05) is 11.3 Å². The molecule has 0 aromatic carbocycles. The fourth-order valence-electron chi connectivity index (χ4n) is 2.93. The average molecular weight is 278 g/mol. The van der Waals surface area contributed by atoms with E-state index in [0.29, 0.717) is 5.54 Å². The summed E-state index contributed by atoms with van der Waals surface area (Å²) in [5, 5.41) is 4.79. The highest BCUT2D eigenvalue weighted by Gasteiger charge is 2.39. The molecule has 19 heavy (non-hydrogen) atoms. The van der Waals surface area contributed by atoms with Crippen molar-refractivity contribution in [1.29, 1.82) is 0 Å². The highest BCUT2D eigenvalue weighted by Crippen LogP contribution is 2.38. The van der Waals surface area contributed by atoms with Crippen LogP contribution in [0.5, 0.6) is 0 Å². The Kier molecular flexibility index (Phi) is 3.61. The van der Waals surface area contributed by atoms with E-state index < -0.39 is 0 Å². The van der Waals surface area contributed by atoms with E-state index in [1.807, 2.05) is 23.9 Å². The number of hydrogen-bond acceptors (Lipinski definition) is 3. The zero-order valence-electron chi connectivity index (χ0n) is 11.7. The molecule has 1 spiro atoms. The van der Waals surface area contributed by atoms with E-state index in [-0.39, 0.29) is 6.04 Å². The van der Waals surface area contributed by atoms with Crippen molar-refractivity contribution < 1.29 is 4.42 Å². The lowest BCUT2D eigenvalue weighted by Crippen LogP contribution is -2.46. The molecule has 1 saturated carbocycles. The third-order valence-electron chi connectivity index (χ3n) is 4.35. The highest BCUT2D eigenvalue weighted by atomic mass is 32.2. The van der Waals surface area contributed by atoms with E-state index in [9.17, 15) is 0 Å². The van der Waals surface area contributed by atoms with Crippen molar-refractivity contribution in [2.45, 2.75) is 51.1 Å². The summed E-state index contributed by atoms with van der Waals surface area (Å²) in [6.45, 7) is 4.45. The topological polar surface area (TPSA) is 37.5 Å². The maximum Gasteiger partial charge on any atom is 0.157 e. The van der Waals surface area contributed by atoms with Crippen LogP contribution in [0.15, 0.2) is 27.8 Å². The maximum absolute atomic E-state index is 5.41. The summed E-state index contributed by atoms with van der Waals surface area (Å²) in [4.78, 5) is 4.76. The number of nitrogens with one attached hydrogen (secondary N) is 1. The van der Waals surface area contributed by atoms with E-state index >= 15 is 0 Å². The van der Waals surface area contributed by atoms with Crippen LogP contribution in [0.25, 0.3) is 0 Å². The first kappa shape index (κ1) is 13.1. The Morgan fingerprint density at radius 3 is 2.95 bits per heavy atom. The molecule has 104 valence electrons. The second kappa shape index (κ2) is 5.23. The van der Waals surface area contributed by atoms with Gasteiger partial charge in [-0.2, -0.15) is 0 Å². The molecule has 2 fully saturated rings. The third-order valence-corrected chi connectivity index (χ3v) is 5.53. The molecule has 1 aliphatic heterocycles. The summed E-state index contributed by atoms with van der Waals surface area (Å²) < 4.78 is 5.41. The van der Waals surface area contributed by atoms with Gasteiger partial charge in [0.05, 0.1) is 6.26 Å². The van der Waals surface area contributed by atoms with Gasteiger partial charge in [0.2, 0.25) is 0 Å². The molecular weight excluding hydrogens is 256 g/mol. The van der Waals surface area contributed by atoms with Crippen LogP contribution < -0.4 is 5.32 Å². The van der Waals surface area contributed by atoms with Crippen LogP contribution in [0.2, 0.25) is 0 Å². The summed E-state index contributed by atoms with van der Waals surface area (Å²) in [5.74, 6) is 3.00. The Balaban J connectivity index is 1.65. The first-order valence-electron chi connectivity index (χ1n) is 7.19. The Labute approximate surface area is 119 Å². The summed E-state index contributed by atoms with van der Waals surface area (Å²) >= 11 is 1.87. The summed E-state index contributed by atoms with van der Waals surface area (Å²) in [6.07, 6.45) is 6.97. The van der Waals surface area contributed by atoms with Crippen molar-refractivity contribution in [3.63, 3.8) is 0 Å². The van der Waals surface area contributed by atoms with E-state index in [2.05, 4.69) is 19.2 Å². The zero-order chi connectivity index (χ0) is 13.3. The maximum atomic E-state index is 5.41. The van der Waals surface area contributed by atoms with Gasteiger partial charge < -0.3 is 9.73 Å². The molecule has 1 aromatic rings. The average Bonchev–Trinajstić information content (AvgIpc) is 3.04. The van der Waals surface area contributed by atoms with Crippen molar-refractivity contribution in [1.82, 2.24) is 5.32 Å². The molecule has 2 aliphatic rings. The smallest absolute Gasteiger partial charge is 0.157 e. The van der Waals surface area contributed by atoms with Gasteiger partial charge in [-0.1, -0.05) is 18.7 Å². The van der Waals surface area contributed by atoms with Crippen LogP contribution >= 0.6 is 11.8 Å². The molecule has 1 saturated heterocycles. The van der Waals surface area contributed by atoms with Crippen molar-refractivity contribution in [3.05, 3.63) is 24.2 Å². The molecule has 0 amide bonds. The van der Waals surface area contributed by atoms with Gasteiger partial charge in [-0.25, -0.2) is 0 Å². The molecule has 1 atom stereocenters. The Morgan fingerprint density at radius 1 is 1.47 bits per heavy atom.